The third kappa shape index (κ3) is 4.51. The van der Waals surface area contributed by atoms with Gasteiger partial charge < -0.3 is 20.1 Å². The molecule has 0 spiro atoms. The van der Waals surface area contributed by atoms with Crippen LogP contribution in [0.2, 0.25) is 0 Å². The molecular weight excluding hydrogens is 380 g/mol. The van der Waals surface area contributed by atoms with Gasteiger partial charge in [0.25, 0.3) is 5.91 Å². The average molecular weight is 402 g/mol. The summed E-state index contributed by atoms with van der Waals surface area (Å²) in [5, 5.41) is 4.98. The summed E-state index contributed by atoms with van der Waals surface area (Å²) in [7, 11) is 1.64. The van der Waals surface area contributed by atoms with Crippen LogP contribution >= 0.6 is 11.3 Å². The first-order chi connectivity index (χ1) is 13.5. The number of esters is 1. The molecule has 0 saturated carbocycles. The van der Waals surface area contributed by atoms with Crippen LogP contribution in [-0.4, -0.2) is 44.6 Å². The van der Waals surface area contributed by atoms with Gasteiger partial charge in [-0.1, -0.05) is 0 Å². The van der Waals surface area contributed by atoms with Gasteiger partial charge in [0.2, 0.25) is 5.91 Å². The molecule has 0 unspecified atom stereocenters. The van der Waals surface area contributed by atoms with E-state index in [-0.39, 0.29) is 12.5 Å². The summed E-state index contributed by atoms with van der Waals surface area (Å²) in [5.41, 5.74) is 3.40. The lowest BCUT2D eigenvalue weighted by Crippen LogP contribution is -2.38. The van der Waals surface area contributed by atoms with Gasteiger partial charge in [0, 0.05) is 11.4 Å². The van der Waals surface area contributed by atoms with Crippen LogP contribution in [0.4, 0.5) is 0 Å². The van der Waals surface area contributed by atoms with Crippen molar-refractivity contribution >= 4 is 29.1 Å². The highest BCUT2D eigenvalue weighted by Gasteiger charge is 2.23. The Morgan fingerprint density at radius 3 is 2.61 bits per heavy atom. The van der Waals surface area contributed by atoms with Crippen LogP contribution in [0.3, 0.4) is 0 Å². The second kappa shape index (κ2) is 8.88. The van der Waals surface area contributed by atoms with Gasteiger partial charge in [-0.3, -0.25) is 9.59 Å². The van der Waals surface area contributed by atoms with Crippen LogP contribution in [0.5, 0.6) is 5.75 Å². The maximum absolute atomic E-state index is 12.3. The summed E-state index contributed by atoms with van der Waals surface area (Å²) in [6.45, 7) is 1.71. The smallest absolute Gasteiger partial charge is 0.348 e. The van der Waals surface area contributed by atoms with E-state index in [2.05, 4.69) is 10.6 Å². The number of thiophene rings is 1. The summed E-state index contributed by atoms with van der Waals surface area (Å²) in [6, 6.07) is 7.77. The van der Waals surface area contributed by atoms with Gasteiger partial charge in [0.15, 0.2) is 6.61 Å². The number of ether oxygens (including phenoxy) is 2. The zero-order chi connectivity index (χ0) is 20.1. The van der Waals surface area contributed by atoms with Crippen molar-refractivity contribution in [1.82, 2.24) is 10.6 Å². The van der Waals surface area contributed by atoms with Gasteiger partial charge >= 0.3 is 5.97 Å². The Hall–Kier alpha value is -2.87. The Kier molecular flexibility index (Phi) is 6.30. The van der Waals surface area contributed by atoms with Crippen molar-refractivity contribution in [2.24, 2.45) is 0 Å². The largest absolute Gasteiger partial charge is 0.497 e. The van der Waals surface area contributed by atoms with Crippen molar-refractivity contribution in [3.63, 3.8) is 0 Å². The van der Waals surface area contributed by atoms with Crippen molar-refractivity contribution in [3.05, 3.63) is 40.3 Å². The molecule has 2 amide bonds. The molecule has 0 aliphatic heterocycles. The Labute approximate surface area is 167 Å². The topological polar surface area (TPSA) is 93.7 Å². The molecule has 2 aromatic rings. The highest BCUT2D eigenvalue weighted by molar-refractivity contribution is 7.17. The van der Waals surface area contributed by atoms with E-state index in [1.54, 1.807) is 14.0 Å². The Morgan fingerprint density at radius 2 is 1.86 bits per heavy atom. The lowest BCUT2D eigenvalue weighted by molar-refractivity contribution is -0.127. The number of nitrogens with one attached hydrogen (secondary N) is 2. The number of likely N-dealkylation sites (N-methyl/N-ethyl adjacent to an activating group) is 1. The van der Waals surface area contributed by atoms with Crippen LogP contribution in [-0.2, 0) is 27.2 Å². The number of benzene rings is 1. The SMILES string of the molecule is CCNC(=O)CNC(=O)COC(=O)c1cc2c(s1)-c1ccc(OC)cc1CC2. The van der Waals surface area contributed by atoms with Crippen LogP contribution in [0.1, 0.15) is 27.7 Å². The molecule has 1 aliphatic rings. The average Bonchev–Trinajstić information content (AvgIpc) is 3.15. The lowest BCUT2D eigenvalue weighted by atomic mass is 9.91. The highest BCUT2D eigenvalue weighted by Crippen LogP contribution is 2.40. The standard InChI is InChI=1S/C20H22N2O5S/c1-3-21-17(23)10-22-18(24)11-27-20(25)16-9-13-5-4-12-8-14(26-2)6-7-15(12)19(13)28-16/h6-9H,3-5,10-11H2,1-2H3,(H,21,23)(H,22,24). The monoisotopic (exact) mass is 402 g/mol. The molecule has 0 saturated heterocycles. The molecule has 28 heavy (non-hydrogen) atoms. The normalized spacial score (nSPS) is 11.8. The van der Waals surface area contributed by atoms with Gasteiger partial charge in [-0.2, -0.15) is 0 Å². The number of rotatable bonds is 7. The van der Waals surface area contributed by atoms with E-state index in [1.807, 2.05) is 24.3 Å². The highest BCUT2D eigenvalue weighted by atomic mass is 32.1. The number of amides is 2. The lowest BCUT2D eigenvalue weighted by Gasteiger charge is -2.16. The zero-order valence-electron chi connectivity index (χ0n) is 15.8. The van der Waals surface area contributed by atoms with Gasteiger partial charge in [-0.25, -0.2) is 4.79 Å². The molecule has 8 heteroatoms. The van der Waals surface area contributed by atoms with Crippen LogP contribution in [0.25, 0.3) is 10.4 Å². The van der Waals surface area contributed by atoms with E-state index in [0.717, 1.165) is 34.6 Å². The second-order valence-corrected chi connectivity index (χ2v) is 7.35. The number of methoxy groups -OCH3 is 1. The predicted molar refractivity (Wildman–Crippen MR) is 106 cm³/mol. The molecule has 1 heterocycles. The Bertz CT molecular complexity index is 906. The molecule has 0 radical (unpaired) electrons. The summed E-state index contributed by atoms with van der Waals surface area (Å²) >= 11 is 1.36. The third-order valence-electron chi connectivity index (χ3n) is 4.39. The van der Waals surface area contributed by atoms with Gasteiger partial charge in [0.1, 0.15) is 10.6 Å². The van der Waals surface area contributed by atoms with E-state index >= 15 is 0 Å². The van der Waals surface area contributed by atoms with E-state index in [0.29, 0.717) is 11.4 Å². The first-order valence-corrected chi connectivity index (χ1v) is 9.84. The third-order valence-corrected chi connectivity index (χ3v) is 5.58. The van der Waals surface area contributed by atoms with E-state index in [1.165, 1.54) is 16.9 Å². The van der Waals surface area contributed by atoms with Crippen LogP contribution < -0.4 is 15.4 Å². The molecule has 3 rings (SSSR count). The summed E-state index contributed by atoms with van der Waals surface area (Å²) in [5.74, 6) is -0.526. The maximum atomic E-state index is 12.3. The van der Waals surface area contributed by atoms with Crippen LogP contribution in [0, 0.1) is 0 Å². The molecule has 1 aromatic heterocycles. The number of hydrogen-bond acceptors (Lipinski definition) is 6. The first kappa shape index (κ1) is 19.9. The van der Waals surface area contributed by atoms with Crippen molar-refractivity contribution in [3.8, 4) is 16.2 Å². The van der Waals surface area contributed by atoms with E-state index in [9.17, 15) is 14.4 Å². The molecule has 1 aliphatic carbocycles. The second-order valence-electron chi connectivity index (χ2n) is 6.29. The predicted octanol–water partition coefficient (Wildman–Crippen LogP) is 1.93. The summed E-state index contributed by atoms with van der Waals surface area (Å²) in [4.78, 5) is 36.9. The zero-order valence-corrected chi connectivity index (χ0v) is 16.6. The van der Waals surface area contributed by atoms with Crippen molar-refractivity contribution in [2.75, 3.05) is 26.8 Å². The van der Waals surface area contributed by atoms with E-state index in [4.69, 9.17) is 9.47 Å². The van der Waals surface area contributed by atoms with Crippen LogP contribution in [0.15, 0.2) is 24.3 Å². The van der Waals surface area contributed by atoms with Gasteiger partial charge in [-0.05, 0) is 60.7 Å². The van der Waals surface area contributed by atoms with Crippen molar-refractivity contribution in [1.29, 1.82) is 0 Å². The molecule has 148 valence electrons. The van der Waals surface area contributed by atoms with Crippen molar-refractivity contribution in [2.45, 2.75) is 19.8 Å². The van der Waals surface area contributed by atoms with Crippen molar-refractivity contribution < 1.29 is 23.9 Å². The summed E-state index contributed by atoms with van der Waals surface area (Å²) < 4.78 is 10.4. The summed E-state index contributed by atoms with van der Waals surface area (Å²) in [6.07, 6.45) is 1.72. The quantitative estimate of drug-likeness (QED) is 0.691. The Balaban J connectivity index is 1.61. The Morgan fingerprint density at radius 1 is 1.07 bits per heavy atom. The number of carbonyl (C=O) groups excluding carboxylic acids is 3. The minimum absolute atomic E-state index is 0.141. The number of hydrogen-bond donors (Lipinski definition) is 2. The number of aryl methyl sites for hydroxylation is 2. The molecular formula is C20H22N2O5S. The van der Waals surface area contributed by atoms with Gasteiger partial charge in [0.05, 0.1) is 13.7 Å². The minimum Gasteiger partial charge on any atom is -0.497 e. The number of fused-ring (bicyclic) bond motifs is 3. The minimum atomic E-state index is -0.539. The molecule has 1 aromatic carbocycles. The molecule has 7 nitrogen and oxygen atoms in total. The van der Waals surface area contributed by atoms with E-state index < -0.39 is 18.5 Å². The fourth-order valence-corrected chi connectivity index (χ4v) is 4.19. The molecule has 0 bridgehead atoms. The van der Waals surface area contributed by atoms with Gasteiger partial charge in [-0.15, -0.1) is 11.3 Å². The maximum Gasteiger partial charge on any atom is 0.348 e. The fourth-order valence-electron chi connectivity index (χ4n) is 3.03. The molecule has 2 N–H and O–H groups in total. The first-order valence-electron chi connectivity index (χ1n) is 9.02. The molecule has 0 atom stereocenters. The molecule has 0 fully saturated rings. The number of carbonyl (C=O) groups is 3. The fraction of sp³-hybridized carbons (Fsp3) is 0.350.